The lowest BCUT2D eigenvalue weighted by atomic mass is 9.71. The van der Waals surface area contributed by atoms with Gasteiger partial charge in [0, 0.05) is 39.3 Å². The molecule has 2 aromatic rings. The van der Waals surface area contributed by atoms with E-state index in [0.717, 1.165) is 49.3 Å². The predicted octanol–water partition coefficient (Wildman–Crippen LogP) is 4.34. The van der Waals surface area contributed by atoms with Gasteiger partial charge in [-0.3, -0.25) is 14.5 Å². The van der Waals surface area contributed by atoms with Crippen LogP contribution in [-0.4, -0.2) is 55.5 Å². The number of carbonyl (C=O) groups excluding carboxylic acids is 2. The van der Waals surface area contributed by atoms with Crippen LogP contribution in [0.25, 0.3) is 0 Å². The topological polar surface area (TPSA) is 58.4 Å². The van der Waals surface area contributed by atoms with Gasteiger partial charge in [-0.2, -0.15) is 0 Å². The molecule has 9 heteroatoms. The van der Waals surface area contributed by atoms with Crippen LogP contribution in [0.2, 0.25) is 0 Å². The molecule has 0 atom stereocenters. The maximum atomic E-state index is 12.7. The summed E-state index contributed by atoms with van der Waals surface area (Å²) < 4.78 is -0.0712. The normalized spacial score (nSPS) is 17.9. The van der Waals surface area contributed by atoms with E-state index in [9.17, 15) is 9.59 Å². The summed E-state index contributed by atoms with van der Waals surface area (Å²) in [6.07, 6.45) is 3.11. The minimum atomic E-state index is -2.02. The first kappa shape index (κ1) is 22.6. The van der Waals surface area contributed by atoms with Gasteiger partial charge in [-0.1, -0.05) is 46.9 Å². The Morgan fingerprint density at radius 1 is 1.13 bits per heavy atom. The van der Waals surface area contributed by atoms with Gasteiger partial charge in [0.2, 0.25) is 5.78 Å². The van der Waals surface area contributed by atoms with Crippen molar-refractivity contribution in [3.05, 3.63) is 52.6 Å². The van der Waals surface area contributed by atoms with E-state index in [2.05, 4.69) is 9.88 Å². The van der Waals surface area contributed by atoms with Gasteiger partial charge < -0.3 is 9.47 Å². The van der Waals surface area contributed by atoms with E-state index in [4.69, 9.17) is 34.8 Å². The van der Waals surface area contributed by atoms with Gasteiger partial charge in [-0.05, 0) is 43.9 Å². The summed E-state index contributed by atoms with van der Waals surface area (Å²) >= 11 is 17.6. The summed E-state index contributed by atoms with van der Waals surface area (Å²) in [5.41, 5.74) is 3.52. The first-order valence-electron chi connectivity index (χ1n) is 10.3. The summed E-state index contributed by atoms with van der Waals surface area (Å²) in [4.78, 5) is 33.4. The molecule has 1 aliphatic heterocycles. The van der Waals surface area contributed by atoms with Crippen molar-refractivity contribution in [2.45, 2.75) is 48.6 Å². The van der Waals surface area contributed by atoms with Crippen LogP contribution in [0.15, 0.2) is 24.3 Å². The number of benzene rings is 1. The fourth-order valence-electron chi connectivity index (χ4n) is 4.79. The molecule has 1 aliphatic carbocycles. The first-order valence-corrected chi connectivity index (χ1v) is 11.4. The monoisotopic (exact) mass is 482 g/mol. The quantitative estimate of drug-likeness (QED) is 0.479. The van der Waals surface area contributed by atoms with Crippen LogP contribution >= 0.6 is 34.8 Å². The van der Waals surface area contributed by atoms with Crippen LogP contribution < -0.4 is 0 Å². The highest BCUT2D eigenvalue weighted by atomic mass is 35.6. The zero-order valence-corrected chi connectivity index (χ0v) is 20.1. The Balaban J connectivity index is 1.63. The fraction of sp³-hybridized carbons (Fsp3) is 0.500. The van der Waals surface area contributed by atoms with Crippen molar-refractivity contribution in [1.29, 1.82) is 0 Å². The highest BCUT2D eigenvalue weighted by Crippen LogP contribution is 2.50. The molecule has 31 heavy (non-hydrogen) atoms. The number of alkyl halides is 3. The first-order chi connectivity index (χ1) is 14.5. The molecular formula is C22H25Cl3N4O2. The second-order valence-electron chi connectivity index (χ2n) is 8.55. The molecule has 1 saturated carbocycles. The van der Waals surface area contributed by atoms with Gasteiger partial charge in [-0.25, -0.2) is 4.98 Å². The Kier molecular flexibility index (Phi) is 5.88. The number of aryl methyl sites for hydroxylation is 1. The van der Waals surface area contributed by atoms with Gasteiger partial charge in [-0.15, -0.1) is 0 Å². The molecule has 0 bridgehead atoms. The summed E-state index contributed by atoms with van der Waals surface area (Å²) in [5, 5.41) is 0. The van der Waals surface area contributed by atoms with Crippen molar-refractivity contribution in [3.8, 4) is 0 Å². The van der Waals surface area contributed by atoms with E-state index in [0.29, 0.717) is 12.1 Å². The Hall–Kier alpha value is -1.60. The molecule has 0 N–H and O–H groups in total. The molecule has 1 spiro atoms. The molecule has 1 aromatic carbocycles. The molecule has 1 amide bonds. The number of hydrogen-bond donors (Lipinski definition) is 0. The van der Waals surface area contributed by atoms with Crippen molar-refractivity contribution in [1.82, 2.24) is 19.4 Å². The van der Waals surface area contributed by atoms with Crippen LogP contribution in [0.1, 0.15) is 57.2 Å². The minimum absolute atomic E-state index is 0.00865. The van der Waals surface area contributed by atoms with Gasteiger partial charge in [0.15, 0.2) is 5.82 Å². The number of hydrogen-bond acceptors (Lipinski definition) is 4. The number of aromatic nitrogens is 2. The minimum Gasteiger partial charge on any atom is -0.345 e. The maximum absolute atomic E-state index is 12.7. The van der Waals surface area contributed by atoms with Crippen molar-refractivity contribution in [2.24, 2.45) is 0 Å². The lowest BCUT2D eigenvalue weighted by Crippen LogP contribution is -2.56. The maximum Gasteiger partial charge on any atom is 0.256 e. The van der Waals surface area contributed by atoms with E-state index >= 15 is 0 Å². The summed E-state index contributed by atoms with van der Waals surface area (Å²) in [6.45, 7) is 4.05. The summed E-state index contributed by atoms with van der Waals surface area (Å²) in [6, 6.07) is 7.78. The Bertz CT molecular complexity index is 1020. The number of rotatable bonds is 4. The molecule has 0 unspecified atom stereocenters. The molecule has 0 radical (unpaired) electrons. The molecule has 166 valence electrons. The lowest BCUT2D eigenvalue weighted by molar-refractivity contribution is -0.0222. The van der Waals surface area contributed by atoms with Gasteiger partial charge in [0.05, 0.1) is 16.9 Å². The molecule has 1 aromatic heterocycles. The SMILES string of the molecule is Cc1nc(C(=O)C(Cl)(Cl)Cl)n2c1C1(CCC1)N(Cc1ccc(C(=O)N(C)C)cc1)CC2. The van der Waals surface area contributed by atoms with E-state index in [1.165, 1.54) is 0 Å². The third-order valence-electron chi connectivity index (χ3n) is 6.40. The van der Waals surface area contributed by atoms with Crippen molar-refractivity contribution < 1.29 is 9.59 Å². The average molecular weight is 484 g/mol. The van der Waals surface area contributed by atoms with E-state index in [1.807, 2.05) is 35.8 Å². The highest BCUT2D eigenvalue weighted by Gasteiger charge is 2.51. The molecule has 0 saturated heterocycles. The molecule has 2 aliphatic rings. The number of amides is 1. The smallest absolute Gasteiger partial charge is 0.256 e. The van der Waals surface area contributed by atoms with Gasteiger partial charge in [0.1, 0.15) is 0 Å². The van der Waals surface area contributed by atoms with Crippen LogP contribution in [0.4, 0.5) is 0 Å². The van der Waals surface area contributed by atoms with Crippen LogP contribution in [0.3, 0.4) is 0 Å². The number of nitrogens with zero attached hydrogens (tertiary/aromatic N) is 4. The molecular weight excluding hydrogens is 459 g/mol. The van der Waals surface area contributed by atoms with E-state index in [1.54, 1.807) is 19.0 Å². The van der Waals surface area contributed by atoms with Crippen LogP contribution in [-0.2, 0) is 18.6 Å². The number of imidazole rings is 1. The van der Waals surface area contributed by atoms with Gasteiger partial charge in [0.25, 0.3) is 9.70 Å². The number of carbonyl (C=O) groups is 2. The Morgan fingerprint density at radius 2 is 1.77 bits per heavy atom. The molecule has 2 heterocycles. The van der Waals surface area contributed by atoms with Crippen molar-refractivity contribution in [3.63, 3.8) is 0 Å². The second-order valence-corrected chi connectivity index (χ2v) is 10.8. The highest BCUT2D eigenvalue weighted by molar-refractivity contribution is 6.77. The summed E-state index contributed by atoms with van der Waals surface area (Å²) in [5.74, 6) is -0.369. The predicted molar refractivity (Wildman–Crippen MR) is 122 cm³/mol. The van der Waals surface area contributed by atoms with Gasteiger partial charge >= 0.3 is 0 Å². The fourth-order valence-corrected chi connectivity index (χ4v) is 5.04. The average Bonchev–Trinajstić information content (AvgIpc) is 3.02. The second kappa shape index (κ2) is 8.07. The Labute approximate surface area is 197 Å². The van der Waals surface area contributed by atoms with Crippen molar-refractivity contribution in [2.75, 3.05) is 20.6 Å². The number of halogens is 3. The third-order valence-corrected chi connectivity index (χ3v) is 6.92. The Morgan fingerprint density at radius 3 is 2.29 bits per heavy atom. The van der Waals surface area contributed by atoms with Crippen LogP contribution in [0, 0.1) is 6.92 Å². The van der Waals surface area contributed by atoms with E-state index < -0.39 is 9.58 Å². The molecule has 1 fully saturated rings. The van der Waals surface area contributed by atoms with Crippen LogP contribution in [0.5, 0.6) is 0 Å². The van der Waals surface area contributed by atoms with E-state index in [-0.39, 0.29) is 17.3 Å². The largest absolute Gasteiger partial charge is 0.345 e. The molecule has 6 nitrogen and oxygen atoms in total. The standard InChI is InChI=1S/C22H25Cl3N4O2/c1-14-17-21(9-4-10-21)28(11-12-29(17)19(26-14)18(30)22(23,24)25)13-15-5-7-16(8-6-15)20(31)27(2)3/h5-8H,4,9-13H2,1-3H3. The number of fused-ring (bicyclic) bond motifs is 2. The third kappa shape index (κ3) is 3.88. The van der Waals surface area contributed by atoms with Crippen molar-refractivity contribution >= 4 is 46.5 Å². The zero-order chi connectivity index (χ0) is 22.6. The molecule has 4 rings (SSSR count). The lowest BCUT2D eigenvalue weighted by Gasteiger charge is -2.53. The summed E-state index contributed by atoms with van der Waals surface area (Å²) in [7, 11) is 3.50. The zero-order valence-electron chi connectivity index (χ0n) is 17.8. The number of Topliss-reactive ketones (excluding diaryl/α,β-unsaturated/α-hetero) is 1. The number of ketones is 1.